The summed E-state index contributed by atoms with van der Waals surface area (Å²) in [7, 11) is 0. The fourth-order valence-electron chi connectivity index (χ4n) is 3.48. The Bertz CT molecular complexity index is 917. The van der Waals surface area contributed by atoms with E-state index in [1.807, 2.05) is 45.0 Å². The van der Waals surface area contributed by atoms with Crippen LogP contribution in [0.3, 0.4) is 0 Å². The first-order valence-corrected chi connectivity index (χ1v) is 10.8. The number of thioether (sulfide) groups is 1. The molecule has 0 bridgehead atoms. The van der Waals surface area contributed by atoms with Crippen LogP contribution in [0, 0.1) is 25.2 Å². The number of carbonyl (C=O) groups excluding carboxylic acids is 1. The number of aryl methyl sites for hydroxylation is 3. The highest BCUT2D eigenvalue weighted by molar-refractivity contribution is 8.00. The van der Waals surface area contributed by atoms with Gasteiger partial charge in [-0.2, -0.15) is 5.26 Å². The monoisotopic (exact) mass is 393 g/mol. The number of hydrogen-bond donors (Lipinski definition) is 1. The summed E-state index contributed by atoms with van der Waals surface area (Å²) in [6, 6.07) is 10.2. The summed E-state index contributed by atoms with van der Waals surface area (Å²) < 4.78 is 0. The smallest absolute Gasteiger partial charge is 0.237 e. The Morgan fingerprint density at radius 1 is 1.21 bits per heavy atom. The molecule has 0 fully saturated rings. The SMILES string of the molecule is Cc1cccc(NC(=O)C(C)Sc2nc3c(cc2C#N)CCCCCC3)c1C. The second-order valence-corrected chi connectivity index (χ2v) is 8.80. The van der Waals surface area contributed by atoms with Crippen LogP contribution in [0.5, 0.6) is 0 Å². The van der Waals surface area contributed by atoms with Crippen molar-refractivity contribution < 1.29 is 4.79 Å². The van der Waals surface area contributed by atoms with E-state index in [4.69, 9.17) is 4.98 Å². The van der Waals surface area contributed by atoms with Gasteiger partial charge >= 0.3 is 0 Å². The van der Waals surface area contributed by atoms with Crippen LogP contribution >= 0.6 is 11.8 Å². The van der Waals surface area contributed by atoms with Crippen LogP contribution in [0.25, 0.3) is 0 Å². The van der Waals surface area contributed by atoms with Crippen molar-refractivity contribution in [1.82, 2.24) is 4.98 Å². The first kappa shape index (κ1) is 20.4. The molecule has 5 heteroatoms. The molecule has 1 aliphatic rings. The van der Waals surface area contributed by atoms with Gasteiger partial charge in [-0.1, -0.05) is 36.7 Å². The van der Waals surface area contributed by atoms with Crippen LogP contribution < -0.4 is 5.32 Å². The molecule has 146 valence electrons. The Morgan fingerprint density at radius 3 is 2.71 bits per heavy atom. The quantitative estimate of drug-likeness (QED) is 0.711. The number of carbonyl (C=O) groups is 1. The molecule has 1 aromatic carbocycles. The van der Waals surface area contributed by atoms with Gasteiger partial charge in [-0.3, -0.25) is 4.79 Å². The summed E-state index contributed by atoms with van der Waals surface area (Å²) in [6.45, 7) is 5.90. The third-order valence-corrected chi connectivity index (χ3v) is 6.51. The van der Waals surface area contributed by atoms with Crippen molar-refractivity contribution in [3.8, 4) is 6.07 Å². The van der Waals surface area contributed by atoms with Gasteiger partial charge in [-0.15, -0.1) is 0 Å². The van der Waals surface area contributed by atoms with Gasteiger partial charge in [0.25, 0.3) is 0 Å². The van der Waals surface area contributed by atoms with Gasteiger partial charge in [0.1, 0.15) is 11.1 Å². The average Bonchev–Trinajstić information content (AvgIpc) is 2.66. The predicted octanol–water partition coefficient (Wildman–Crippen LogP) is 5.35. The Morgan fingerprint density at radius 2 is 1.96 bits per heavy atom. The van der Waals surface area contributed by atoms with E-state index >= 15 is 0 Å². The number of benzene rings is 1. The molecule has 0 spiro atoms. The van der Waals surface area contributed by atoms with Gasteiger partial charge < -0.3 is 5.32 Å². The van der Waals surface area contributed by atoms with Crippen LogP contribution in [0.1, 0.15) is 60.6 Å². The van der Waals surface area contributed by atoms with Crippen molar-refractivity contribution in [3.05, 3.63) is 52.2 Å². The molecule has 0 aliphatic heterocycles. The van der Waals surface area contributed by atoms with Crippen LogP contribution in [0.2, 0.25) is 0 Å². The van der Waals surface area contributed by atoms with E-state index in [1.54, 1.807) is 0 Å². The lowest BCUT2D eigenvalue weighted by atomic mass is 9.96. The first-order chi connectivity index (χ1) is 13.5. The molecule has 4 nitrogen and oxygen atoms in total. The zero-order valence-electron chi connectivity index (χ0n) is 16.8. The number of pyridine rings is 1. The van der Waals surface area contributed by atoms with Crippen molar-refractivity contribution in [2.45, 2.75) is 69.6 Å². The molecular formula is C23H27N3OS. The molecule has 0 radical (unpaired) electrons. The van der Waals surface area contributed by atoms with Crippen LogP contribution in [-0.4, -0.2) is 16.1 Å². The van der Waals surface area contributed by atoms with E-state index in [0.717, 1.165) is 48.2 Å². The summed E-state index contributed by atoms with van der Waals surface area (Å²) in [4.78, 5) is 17.5. The molecular weight excluding hydrogens is 366 g/mol. The normalized spacial score (nSPS) is 14.9. The lowest BCUT2D eigenvalue weighted by Gasteiger charge is -2.17. The van der Waals surface area contributed by atoms with E-state index < -0.39 is 0 Å². The van der Waals surface area contributed by atoms with Crippen LogP contribution in [-0.2, 0) is 17.6 Å². The number of amides is 1. The fourth-order valence-corrected chi connectivity index (χ4v) is 4.38. The summed E-state index contributed by atoms with van der Waals surface area (Å²) >= 11 is 1.37. The second-order valence-electron chi connectivity index (χ2n) is 7.47. The summed E-state index contributed by atoms with van der Waals surface area (Å²) in [5.74, 6) is -0.0730. The number of hydrogen-bond acceptors (Lipinski definition) is 4. The Labute approximate surface area is 171 Å². The molecule has 1 heterocycles. The van der Waals surface area contributed by atoms with E-state index in [-0.39, 0.29) is 11.2 Å². The van der Waals surface area contributed by atoms with E-state index in [0.29, 0.717) is 10.6 Å². The van der Waals surface area contributed by atoms with Crippen molar-refractivity contribution in [3.63, 3.8) is 0 Å². The van der Waals surface area contributed by atoms with Gasteiger partial charge in [0.05, 0.1) is 10.8 Å². The zero-order valence-corrected chi connectivity index (χ0v) is 17.7. The number of nitriles is 1. The third kappa shape index (κ3) is 4.74. The van der Waals surface area contributed by atoms with Gasteiger partial charge in [0.2, 0.25) is 5.91 Å². The molecule has 2 aromatic rings. The number of aromatic nitrogens is 1. The predicted molar refractivity (Wildman–Crippen MR) is 115 cm³/mol. The maximum absolute atomic E-state index is 12.7. The van der Waals surface area contributed by atoms with Gasteiger partial charge in [0.15, 0.2) is 0 Å². The largest absolute Gasteiger partial charge is 0.325 e. The molecule has 1 N–H and O–H groups in total. The second kappa shape index (κ2) is 9.25. The maximum Gasteiger partial charge on any atom is 0.237 e. The van der Waals surface area contributed by atoms with Crippen molar-refractivity contribution in [2.75, 3.05) is 5.32 Å². The summed E-state index contributed by atoms with van der Waals surface area (Å²) in [6.07, 6.45) is 6.72. The zero-order chi connectivity index (χ0) is 20.1. The Kier molecular flexibility index (Phi) is 6.74. The number of fused-ring (bicyclic) bond motifs is 1. The van der Waals surface area contributed by atoms with Crippen molar-refractivity contribution >= 4 is 23.4 Å². The molecule has 0 saturated heterocycles. The van der Waals surface area contributed by atoms with Gasteiger partial charge in [0, 0.05) is 11.4 Å². The van der Waals surface area contributed by atoms with Crippen molar-refractivity contribution in [1.29, 1.82) is 5.26 Å². The lowest BCUT2D eigenvalue weighted by molar-refractivity contribution is -0.115. The van der Waals surface area contributed by atoms with Crippen molar-refractivity contribution in [2.24, 2.45) is 0 Å². The lowest BCUT2D eigenvalue weighted by Crippen LogP contribution is -2.23. The highest BCUT2D eigenvalue weighted by atomic mass is 32.2. The number of nitrogens with zero attached hydrogens (tertiary/aromatic N) is 2. The van der Waals surface area contributed by atoms with Gasteiger partial charge in [-0.05, 0) is 75.3 Å². The number of nitrogens with one attached hydrogen (secondary N) is 1. The first-order valence-electron chi connectivity index (χ1n) is 9.96. The molecule has 1 aromatic heterocycles. The minimum atomic E-state index is -0.342. The average molecular weight is 394 g/mol. The minimum absolute atomic E-state index is 0.0730. The molecule has 1 aliphatic carbocycles. The summed E-state index contributed by atoms with van der Waals surface area (Å²) in [5, 5.41) is 12.9. The Hall–Kier alpha value is -2.32. The maximum atomic E-state index is 12.7. The molecule has 1 atom stereocenters. The molecule has 28 heavy (non-hydrogen) atoms. The molecule has 1 amide bonds. The standard InChI is InChI=1S/C23H27N3OS/c1-15-9-8-12-20(16(15)2)25-22(27)17(3)28-23-19(14-24)13-18-10-6-4-5-7-11-21(18)26-23/h8-9,12-13,17H,4-7,10-11H2,1-3H3,(H,25,27). The van der Waals surface area contributed by atoms with E-state index in [2.05, 4.69) is 11.4 Å². The molecule has 0 saturated carbocycles. The number of anilines is 1. The van der Waals surface area contributed by atoms with Gasteiger partial charge in [-0.25, -0.2) is 4.98 Å². The van der Waals surface area contributed by atoms with Crippen LogP contribution in [0.15, 0.2) is 29.3 Å². The minimum Gasteiger partial charge on any atom is -0.325 e. The third-order valence-electron chi connectivity index (χ3n) is 5.41. The molecule has 1 unspecified atom stereocenters. The summed E-state index contributed by atoms with van der Waals surface area (Å²) in [5.41, 5.74) is 5.94. The van der Waals surface area contributed by atoms with E-state index in [1.165, 1.54) is 30.2 Å². The number of rotatable bonds is 4. The molecule has 3 rings (SSSR count). The highest BCUT2D eigenvalue weighted by Gasteiger charge is 2.20. The topological polar surface area (TPSA) is 65.8 Å². The fraction of sp³-hybridized carbons (Fsp3) is 0.435. The highest BCUT2D eigenvalue weighted by Crippen LogP contribution is 2.30. The van der Waals surface area contributed by atoms with Crippen LogP contribution in [0.4, 0.5) is 5.69 Å². The Balaban J connectivity index is 1.78. The van der Waals surface area contributed by atoms with E-state index in [9.17, 15) is 10.1 Å².